The van der Waals surface area contributed by atoms with Gasteiger partial charge in [-0.2, -0.15) is 0 Å². The molecule has 0 aliphatic heterocycles. The van der Waals surface area contributed by atoms with Gasteiger partial charge in [-0.05, 0) is 57.7 Å². The zero-order valence-electron chi connectivity index (χ0n) is 16.0. The van der Waals surface area contributed by atoms with E-state index in [-0.39, 0.29) is 5.41 Å². The highest BCUT2D eigenvalue weighted by molar-refractivity contribution is 5.80. The summed E-state index contributed by atoms with van der Waals surface area (Å²) in [6, 6.07) is 15.8. The van der Waals surface area contributed by atoms with Crippen LogP contribution in [-0.4, -0.2) is 0 Å². The zero-order chi connectivity index (χ0) is 17.9. The summed E-state index contributed by atoms with van der Waals surface area (Å²) in [7, 11) is 0. The lowest BCUT2D eigenvalue weighted by molar-refractivity contribution is 0.590. The topological polar surface area (TPSA) is 0 Å². The summed E-state index contributed by atoms with van der Waals surface area (Å²) in [5.74, 6) is 0. The van der Waals surface area contributed by atoms with Crippen LogP contribution in [0.3, 0.4) is 0 Å². The number of benzene rings is 2. The van der Waals surface area contributed by atoms with E-state index in [1.165, 1.54) is 39.0 Å². The largest absolute Gasteiger partial charge is 0.0988 e. The molecule has 0 fully saturated rings. The second-order valence-electron chi connectivity index (χ2n) is 7.23. The first-order chi connectivity index (χ1) is 11.4. The molecule has 0 N–H and O–H groups in total. The molecule has 0 aromatic heterocycles. The molecule has 0 spiro atoms. The maximum absolute atomic E-state index is 3.94. The van der Waals surface area contributed by atoms with Crippen molar-refractivity contribution in [2.75, 3.05) is 0 Å². The molecule has 0 heteroatoms. The first-order valence-electron chi connectivity index (χ1n) is 8.96. The predicted octanol–water partition coefficient (Wildman–Crippen LogP) is 7.19. The minimum atomic E-state index is 0.181. The molecule has 126 valence electrons. The average molecular weight is 319 g/mol. The highest BCUT2D eigenvalue weighted by Crippen LogP contribution is 2.36. The maximum Gasteiger partial charge on any atom is -0.00169 e. The Morgan fingerprint density at radius 3 is 2.25 bits per heavy atom. The summed E-state index contributed by atoms with van der Waals surface area (Å²) in [4.78, 5) is 0. The van der Waals surface area contributed by atoms with E-state index in [4.69, 9.17) is 0 Å². The second kappa shape index (κ2) is 7.21. The van der Waals surface area contributed by atoms with Crippen molar-refractivity contribution in [3.8, 4) is 11.1 Å². The van der Waals surface area contributed by atoms with Crippen LogP contribution in [0.15, 0.2) is 60.7 Å². The highest BCUT2D eigenvalue weighted by Gasteiger charge is 2.18. The lowest BCUT2D eigenvalue weighted by Crippen LogP contribution is -2.10. The fourth-order valence-corrected chi connectivity index (χ4v) is 3.19. The molecule has 0 saturated carbocycles. The van der Waals surface area contributed by atoms with Gasteiger partial charge in [-0.15, -0.1) is 0 Å². The van der Waals surface area contributed by atoms with Gasteiger partial charge >= 0.3 is 0 Å². The van der Waals surface area contributed by atoms with Crippen molar-refractivity contribution < 1.29 is 0 Å². The van der Waals surface area contributed by atoms with Gasteiger partial charge in [0.15, 0.2) is 0 Å². The predicted molar refractivity (Wildman–Crippen MR) is 108 cm³/mol. The molecule has 1 aliphatic rings. The van der Waals surface area contributed by atoms with Crippen LogP contribution < -0.4 is 0 Å². The van der Waals surface area contributed by atoms with Crippen molar-refractivity contribution in [3.63, 3.8) is 0 Å². The Balaban J connectivity index is 0.00000100. The monoisotopic (exact) mass is 318 g/mol. The molecule has 0 radical (unpaired) electrons. The van der Waals surface area contributed by atoms with Gasteiger partial charge in [0.05, 0.1) is 0 Å². The summed E-state index contributed by atoms with van der Waals surface area (Å²) < 4.78 is 0. The molecule has 0 amide bonds. The lowest BCUT2D eigenvalue weighted by atomic mass is 9.85. The molecule has 2 aromatic carbocycles. The molecule has 0 unspecified atom stereocenters. The maximum atomic E-state index is 3.94. The van der Waals surface area contributed by atoms with Crippen LogP contribution >= 0.6 is 0 Å². The molecular formula is C24H30. The van der Waals surface area contributed by atoms with E-state index >= 15 is 0 Å². The van der Waals surface area contributed by atoms with Gasteiger partial charge in [-0.3, -0.25) is 0 Å². The molecular weight excluding hydrogens is 288 g/mol. The summed E-state index contributed by atoms with van der Waals surface area (Å²) in [6.45, 7) is 16.9. The van der Waals surface area contributed by atoms with Gasteiger partial charge in [0.2, 0.25) is 0 Å². The van der Waals surface area contributed by atoms with Crippen LogP contribution in [0, 0.1) is 0 Å². The number of rotatable bonds is 2. The van der Waals surface area contributed by atoms with Gasteiger partial charge in [-0.1, -0.05) is 89.7 Å². The minimum absolute atomic E-state index is 0.181. The van der Waals surface area contributed by atoms with Crippen LogP contribution in [0.2, 0.25) is 0 Å². The SMILES string of the molecule is C=CC1=C(C)c2ccc(-c3cccc(C(C)(C)C)c3)cc2C1.CC. The van der Waals surface area contributed by atoms with Crippen molar-refractivity contribution in [2.24, 2.45) is 0 Å². The van der Waals surface area contributed by atoms with Crippen LogP contribution in [0.25, 0.3) is 16.7 Å². The Bertz CT molecular complexity index is 767. The Hall–Kier alpha value is -2.08. The van der Waals surface area contributed by atoms with E-state index < -0.39 is 0 Å². The van der Waals surface area contributed by atoms with Crippen LogP contribution in [0.4, 0.5) is 0 Å². The summed E-state index contributed by atoms with van der Waals surface area (Å²) in [5, 5.41) is 0. The molecule has 24 heavy (non-hydrogen) atoms. The van der Waals surface area contributed by atoms with Crippen molar-refractivity contribution in [1.29, 1.82) is 0 Å². The number of allylic oxidation sites excluding steroid dienone is 3. The van der Waals surface area contributed by atoms with Crippen molar-refractivity contribution in [2.45, 2.75) is 53.4 Å². The molecule has 2 aromatic rings. The Labute approximate surface area is 147 Å². The summed E-state index contributed by atoms with van der Waals surface area (Å²) in [6.07, 6.45) is 3.01. The first kappa shape index (κ1) is 18.3. The average Bonchev–Trinajstić information content (AvgIpc) is 2.91. The van der Waals surface area contributed by atoms with Gasteiger partial charge < -0.3 is 0 Å². The summed E-state index contributed by atoms with van der Waals surface area (Å²) >= 11 is 0. The molecule has 0 bridgehead atoms. The van der Waals surface area contributed by atoms with E-state index in [1.54, 1.807) is 0 Å². The number of hydrogen-bond acceptors (Lipinski definition) is 0. The van der Waals surface area contributed by atoms with Crippen molar-refractivity contribution in [3.05, 3.63) is 77.4 Å². The van der Waals surface area contributed by atoms with E-state index in [2.05, 4.69) is 76.7 Å². The third-order valence-corrected chi connectivity index (χ3v) is 4.68. The number of hydrogen-bond donors (Lipinski definition) is 0. The zero-order valence-corrected chi connectivity index (χ0v) is 16.0. The summed E-state index contributed by atoms with van der Waals surface area (Å²) in [5.41, 5.74) is 9.71. The Morgan fingerprint density at radius 1 is 0.958 bits per heavy atom. The second-order valence-corrected chi connectivity index (χ2v) is 7.23. The van der Waals surface area contributed by atoms with Crippen molar-refractivity contribution >= 4 is 5.57 Å². The quantitative estimate of drug-likeness (QED) is 0.549. The number of fused-ring (bicyclic) bond motifs is 1. The molecule has 0 atom stereocenters. The third kappa shape index (κ3) is 3.53. The molecule has 1 aliphatic carbocycles. The first-order valence-corrected chi connectivity index (χ1v) is 8.96. The van der Waals surface area contributed by atoms with Crippen LogP contribution in [0.1, 0.15) is 58.2 Å². The smallest absolute Gasteiger partial charge is 0.00169 e. The molecule has 0 heterocycles. The van der Waals surface area contributed by atoms with Gasteiger partial charge in [0.1, 0.15) is 0 Å². The normalized spacial score (nSPS) is 13.2. The third-order valence-electron chi connectivity index (χ3n) is 4.68. The standard InChI is InChI=1S/C22H24.C2H6/c1-6-16-12-19-13-18(10-11-21(19)15(16)2)17-8-7-9-20(14-17)22(3,4)5;1-2/h6-11,13-14H,1,12H2,2-5H3;1-2H3. The fraction of sp³-hybridized carbons (Fsp3) is 0.333. The van der Waals surface area contributed by atoms with Gasteiger partial charge in [0.25, 0.3) is 0 Å². The van der Waals surface area contributed by atoms with Gasteiger partial charge in [0, 0.05) is 0 Å². The minimum Gasteiger partial charge on any atom is -0.0988 e. The van der Waals surface area contributed by atoms with Crippen LogP contribution in [-0.2, 0) is 11.8 Å². The van der Waals surface area contributed by atoms with Crippen molar-refractivity contribution in [1.82, 2.24) is 0 Å². The fourth-order valence-electron chi connectivity index (χ4n) is 3.19. The molecule has 0 nitrogen and oxygen atoms in total. The molecule has 0 saturated heterocycles. The van der Waals surface area contributed by atoms with E-state index in [0.717, 1.165) is 6.42 Å². The van der Waals surface area contributed by atoms with E-state index in [9.17, 15) is 0 Å². The molecule has 3 rings (SSSR count). The van der Waals surface area contributed by atoms with E-state index in [1.807, 2.05) is 19.9 Å². The highest BCUT2D eigenvalue weighted by atomic mass is 14.2. The van der Waals surface area contributed by atoms with Crippen LogP contribution in [0.5, 0.6) is 0 Å². The van der Waals surface area contributed by atoms with Gasteiger partial charge in [-0.25, -0.2) is 0 Å². The van der Waals surface area contributed by atoms with E-state index in [0.29, 0.717) is 0 Å². The Morgan fingerprint density at radius 2 is 1.62 bits per heavy atom. The Kier molecular flexibility index (Phi) is 5.49. The lowest BCUT2D eigenvalue weighted by Gasteiger charge is -2.20.